The zero-order chi connectivity index (χ0) is 21.5. The van der Waals surface area contributed by atoms with Crippen LogP contribution in [0.4, 0.5) is 11.4 Å². The van der Waals surface area contributed by atoms with Gasteiger partial charge in [0.2, 0.25) is 5.91 Å². The third-order valence-corrected chi connectivity index (χ3v) is 5.25. The van der Waals surface area contributed by atoms with Gasteiger partial charge >= 0.3 is 5.97 Å². The number of amides is 2. The Kier molecular flexibility index (Phi) is 7.06. The number of carbonyl (C=O) groups is 3. The minimum atomic E-state index is -0.425. The van der Waals surface area contributed by atoms with Gasteiger partial charge in [0.25, 0.3) is 5.91 Å². The zero-order valence-corrected chi connectivity index (χ0v) is 17.3. The number of carbonyl (C=O) groups excluding carboxylic acids is 3. The number of benzene rings is 2. The number of hydrogen-bond acceptors (Lipinski definition) is 5. The fraction of sp³-hybridized carbons (Fsp3) is 0.348. The minimum absolute atomic E-state index is 0.0570. The molecule has 0 radical (unpaired) electrons. The van der Waals surface area contributed by atoms with Crippen molar-refractivity contribution in [3.8, 4) is 0 Å². The molecule has 2 aromatic rings. The molecule has 7 nitrogen and oxygen atoms in total. The van der Waals surface area contributed by atoms with Crippen LogP contribution in [-0.2, 0) is 9.53 Å². The summed E-state index contributed by atoms with van der Waals surface area (Å²) in [7, 11) is 1.32. The van der Waals surface area contributed by atoms with Gasteiger partial charge in [-0.15, -0.1) is 0 Å². The molecular weight excluding hydrogens is 382 g/mol. The minimum Gasteiger partial charge on any atom is -0.465 e. The van der Waals surface area contributed by atoms with Gasteiger partial charge in [0, 0.05) is 30.0 Å². The highest BCUT2D eigenvalue weighted by Crippen LogP contribution is 2.19. The maximum absolute atomic E-state index is 12.6. The molecule has 30 heavy (non-hydrogen) atoms. The third-order valence-electron chi connectivity index (χ3n) is 5.25. The Morgan fingerprint density at radius 2 is 1.50 bits per heavy atom. The summed E-state index contributed by atoms with van der Waals surface area (Å²) in [5.74, 6) is 0.0916. The summed E-state index contributed by atoms with van der Waals surface area (Å²) in [5, 5.41) is 5.80. The average Bonchev–Trinajstić information content (AvgIpc) is 2.78. The lowest BCUT2D eigenvalue weighted by Gasteiger charge is -2.30. The molecule has 2 N–H and O–H groups in total. The highest BCUT2D eigenvalue weighted by Gasteiger charge is 2.21. The molecular formula is C23H27N3O4. The van der Waals surface area contributed by atoms with E-state index < -0.39 is 5.97 Å². The smallest absolute Gasteiger partial charge is 0.337 e. The predicted octanol–water partition coefficient (Wildman–Crippen LogP) is 3.40. The van der Waals surface area contributed by atoms with E-state index in [0.717, 1.165) is 31.6 Å². The van der Waals surface area contributed by atoms with Crippen LogP contribution >= 0.6 is 0 Å². The molecule has 0 unspecified atom stereocenters. The largest absolute Gasteiger partial charge is 0.465 e. The molecule has 1 heterocycles. The summed E-state index contributed by atoms with van der Waals surface area (Å²) in [4.78, 5) is 38.1. The SMILES string of the molecule is COC(=O)c1ccc(NC(=O)CNc2ccc(C(=O)N3CCC(C)CC3)cc2)cc1. The third kappa shape index (κ3) is 5.59. The van der Waals surface area contributed by atoms with Crippen LogP contribution in [0.25, 0.3) is 0 Å². The van der Waals surface area contributed by atoms with Gasteiger partial charge in [0.15, 0.2) is 0 Å². The number of anilines is 2. The standard InChI is InChI=1S/C23H27N3O4/c1-16-11-13-26(14-12-16)22(28)17-3-7-19(8-4-17)24-15-21(27)25-20-9-5-18(6-10-20)23(29)30-2/h3-10,16,24H,11-15H2,1-2H3,(H,25,27). The van der Waals surface area contributed by atoms with Crippen molar-refractivity contribution in [2.45, 2.75) is 19.8 Å². The summed E-state index contributed by atoms with van der Waals surface area (Å²) >= 11 is 0. The van der Waals surface area contributed by atoms with Crippen LogP contribution in [0, 0.1) is 5.92 Å². The van der Waals surface area contributed by atoms with Gasteiger partial charge in [-0.1, -0.05) is 6.92 Å². The van der Waals surface area contributed by atoms with E-state index in [-0.39, 0.29) is 18.4 Å². The molecule has 3 rings (SSSR count). The first-order valence-electron chi connectivity index (χ1n) is 10.1. The lowest BCUT2D eigenvalue weighted by atomic mass is 9.98. The summed E-state index contributed by atoms with van der Waals surface area (Å²) in [5.41, 5.74) is 2.42. The Morgan fingerprint density at radius 3 is 2.10 bits per heavy atom. The van der Waals surface area contributed by atoms with Gasteiger partial charge in [0.05, 0.1) is 19.2 Å². The Bertz CT molecular complexity index is 886. The summed E-state index contributed by atoms with van der Waals surface area (Å²) in [6.07, 6.45) is 2.10. The van der Waals surface area contributed by atoms with E-state index in [4.69, 9.17) is 0 Å². The van der Waals surface area contributed by atoms with E-state index in [1.54, 1.807) is 48.5 Å². The van der Waals surface area contributed by atoms with Crippen LogP contribution in [0.2, 0.25) is 0 Å². The first-order chi connectivity index (χ1) is 14.5. The van der Waals surface area contributed by atoms with Gasteiger partial charge in [0.1, 0.15) is 0 Å². The molecule has 2 aromatic carbocycles. The molecule has 0 saturated carbocycles. The number of likely N-dealkylation sites (tertiary alicyclic amines) is 1. The van der Waals surface area contributed by atoms with Crippen molar-refractivity contribution in [1.82, 2.24) is 4.90 Å². The van der Waals surface area contributed by atoms with Gasteiger partial charge in [-0.3, -0.25) is 9.59 Å². The Labute approximate surface area is 176 Å². The Hall–Kier alpha value is -3.35. The van der Waals surface area contributed by atoms with Crippen LogP contribution in [0.15, 0.2) is 48.5 Å². The first kappa shape index (κ1) is 21.4. The summed E-state index contributed by atoms with van der Waals surface area (Å²) in [6, 6.07) is 13.6. The summed E-state index contributed by atoms with van der Waals surface area (Å²) < 4.78 is 4.65. The van der Waals surface area contributed by atoms with Crippen LogP contribution in [0.3, 0.4) is 0 Å². The first-order valence-corrected chi connectivity index (χ1v) is 10.1. The Morgan fingerprint density at radius 1 is 0.933 bits per heavy atom. The molecule has 1 aliphatic rings. The molecule has 0 aliphatic carbocycles. The number of ether oxygens (including phenoxy) is 1. The number of rotatable bonds is 6. The maximum Gasteiger partial charge on any atom is 0.337 e. The molecule has 158 valence electrons. The maximum atomic E-state index is 12.6. The Balaban J connectivity index is 1.48. The van der Waals surface area contributed by atoms with Gasteiger partial charge in [-0.05, 0) is 67.3 Å². The van der Waals surface area contributed by atoms with Gasteiger partial charge < -0.3 is 20.3 Å². The number of methoxy groups -OCH3 is 1. The number of hydrogen-bond donors (Lipinski definition) is 2. The predicted molar refractivity (Wildman–Crippen MR) is 116 cm³/mol. The van der Waals surface area contributed by atoms with Crippen molar-refractivity contribution in [2.24, 2.45) is 5.92 Å². The molecule has 7 heteroatoms. The molecule has 0 aromatic heterocycles. The zero-order valence-electron chi connectivity index (χ0n) is 17.3. The van der Waals surface area contributed by atoms with Crippen molar-refractivity contribution in [1.29, 1.82) is 0 Å². The van der Waals surface area contributed by atoms with Crippen LogP contribution in [0.1, 0.15) is 40.5 Å². The highest BCUT2D eigenvalue weighted by molar-refractivity contribution is 5.96. The fourth-order valence-corrected chi connectivity index (χ4v) is 3.32. The van der Waals surface area contributed by atoms with E-state index in [2.05, 4.69) is 22.3 Å². The molecule has 1 aliphatic heterocycles. The van der Waals surface area contributed by atoms with Crippen LogP contribution in [-0.4, -0.2) is 49.4 Å². The van der Waals surface area contributed by atoms with E-state index >= 15 is 0 Å². The van der Waals surface area contributed by atoms with Gasteiger partial charge in [-0.2, -0.15) is 0 Å². The second-order valence-corrected chi connectivity index (χ2v) is 7.52. The summed E-state index contributed by atoms with van der Waals surface area (Å²) in [6.45, 7) is 3.91. The van der Waals surface area contributed by atoms with Crippen molar-refractivity contribution in [3.63, 3.8) is 0 Å². The van der Waals surface area contributed by atoms with Crippen LogP contribution in [0.5, 0.6) is 0 Å². The molecule has 0 spiro atoms. The molecule has 1 saturated heterocycles. The van der Waals surface area contributed by atoms with Crippen molar-refractivity contribution in [2.75, 3.05) is 37.4 Å². The number of esters is 1. The number of nitrogens with one attached hydrogen (secondary N) is 2. The number of nitrogens with zero attached hydrogens (tertiary/aromatic N) is 1. The fourth-order valence-electron chi connectivity index (χ4n) is 3.32. The highest BCUT2D eigenvalue weighted by atomic mass is 16.5. The number of piperidine rings is 1. The molecule has 2 amide bonds. The molecule has 0 bridgehead atoms. The monoisotopic (exact) mass is 409 g/mol. The molecule has 0 atom stereocenters. The van der Waals surface area contributed by atoms with E-state index in [0.29, 0.717) is 22.7 Å². The van der Waals surface area contributed by atoms with Gasteiger partial charge in [-0.25, -0.2) is 4.79 Å². The quantitative estimate of drug-likeness (QED) is 0.714. The second kappa shape index (κ2) is 9.91. The van der Waals surface area contributed by atoms with E-state index in [1.807, 2.05) is 4.90 Å². The lowest BCUT2D eigenvalue weighted by molar-refractivity contribution is -0.114. The van der Waals surface area contributed by atoms with Crippen molar-refractivity contribution >= 4 is 29.2 Å². The molecule has 1 fully saturated rings. The average molecular weight is 409 g/mol. The lowest BCUT2D eigenvalue weighted by Crippen LogP contribution is -2.37. The van der Waals surface area contributed by atoms with Crippen molar-refractivity contribution in [3.05, 3.63) is 59.7 Å². The van der Waals surface area contributed by atoms with E-state index in [1.165, 1.54) is 7.11 Å². The van der Waals surface area contributed by atoms with Crippen LogP contribution < -0.4 is 10.6 Å². The van der Waals surface area contributed by atoms with E-state index in [9.17, 15) is 14.4 Å². The second-order valence-electron chi connectivity index (χ2n) is 7.52. The van der Waals surface area contributed by atoms with Crippen molar-refractivity contribution < 1.29 is 19.1 Å². The topological polar surface area (TPSA) is 87.7 Å². The normalized spacial score (nSPS) is 14.1.